The van der Waals surface area contributed by atoms with E-state index < -0.39 is 5.97 Å². The quantitative estimate of drug-likeness (QED) is 0.755. The maximum absolute atomic E-state index is 12.3. The van der Waals surface area contributed by atoms with Gasteiger partial charge in [-0.1, -0.05) is 12.1 Å². The number of nitrogens with zero attached hydrogens (tertiary/aromatic N) is 2. The molecule has 7 heteroatoms. The molecule has 0 aliphatic heterocycles. The number of hydrogen-bond donors (Lipinski definition) is 1. The molecule has 1 aromatic heterocycles. The number of esters is 1. The van der Waals surface area contributed by atoms with Gasteiger partial charge in [-0.3, -0.25) is 19.0 Å². The average Bonchev–Trinajstić information content (AvgIpc) is 3.47. The lowest BCUT2D eigenvalue weighted by atomic mass is 10.2. The van der Waals surface area contributed by atoms with Crippen LogP contribution in [0.4, 0.5) is 0 Å². The minimum atomic E-state index is -0.485. The molecule has 0 radical (unpaired) electrons. The predicted molar refractivity (Wildman–Crippen MR) is 96.6 cm³/mol. The molecule has 2 aromatic rings. The number of amides is 1. The zero-order chi connectivity index (χ0) is 18.7. The Bertz CT molecular complexity index is 886. The van der Waals surface area contributed by atoms with E-state index in [1.165, 1.54) is 4.57 Å². The number of carbonyl (C=O) groups is 2. The highest BCUT2D eigenvalue weighted by Crippen LogP contribution is 2.32. The van der Waals surface area contributed by atoms with Crippen molar-refractivity contribution < 1.29 is 14.3 Å². The van der Waals surface area contributed by atoms with Gasteiger partial charge in [0.05, 0.1) is 17.3 Å². The number of ether oxygens (including phenoxy) is 1. The molecule has 1 aliphatic carbocycles. The highest BCUT2D eigenvalue weighted by atomic mass is 16.5. The number of para-hydroxylation sites is 1. The summed E-state index contributed by atoms with van der Waals surface area (Å²) in [6, 6.07) is 7.22. The second-order valence-corrected chi connectivity index (χ2v) is 6.76. The van der Waals surface area contributed by atoms with E-state index in [1.54, 1.807) is 25.2 Å². The standard InChI is InChI=1S/C19H23N3O4/c1-12(13-7-8-13)20-17(23)11-26-18(24)10-9-16-21-15-6-4-3-5-14(15)19(25)22(16)2/h3-6,12-13H,7-11H2,1-2H3,(H,20,23). The molecule has 0 bridgehead atoms. The van der Waals surface area contributed by atoms with Crippen LogP contribution in [0.5, 0.6) is 0 Å². The van der Waals surface area contributed by atoms with Crippen LogP contribution in [0.25, 0.3) is 10.9 Å². The van der Waals surface area contributed by atoms with Crippen molar-refractivity contribution in [1.82, 2.24) is 14.9 Å². The molecule has 1 saturated carbocycles. The van der Waals surface area contributed by atoms with E-state index in [2.05, 4.69) is 10.3 Å². The Hall–Kier alpha value is -2.70. The Morgan fingerprint density at radius 2 is 2.08 bits per heavy atom. The highest BCUT2D eigenvalue weighted by molar-refractivity contribution is 5.81. The maximum atomic E-state index is 12.3. The fourth-order valence-corrected chi connectivity index (χ4v) is 2.93. The molecule has 1 aromatic carbocycles. The number of aromatic nitrogens is 2. The molecular formula is C19H23N3O4. The van der Waals surface area contributed by atoms with Crippen LogP contribution in [-0.2, 0) is 27.8 Å². The molecule has 1 amide bonds. The molecule has 0 saturated heterocycles. The number of fused-ring (bicyclic) bond motifs is 1. The molecule has 1 heterocycles. The molecular weight excluding hydrogens is 334 g/mol. The van der Waals surface area contributed by atoms with Crippen LogP contribution in [0.3, 0.4) is 0 Å². The molecule has 1 fully saturated rings. The van der Waals surface area contributed by atoms with Gasteiger partial charge in [-0.25, -0.2) is 4.98 Å². The lowest BCUT2D eigenvalue weighted by Gasteiger charge is -2.13. The summed E-state index contributed by atoms with van der Waals surface area (Å²) in [6.45, 7) is 1.68. The fourth-order valence-electron chi connectivity index (χ4n) is 2.93. The van der Waals surface area contributed by atoms with Crippen molar-refractivity contribution in [2.45, 2.75) is 38.6 Å². The Morgan fingerprint density at radius 3 is 2.81 bits per heavy atom. The topological polar surface area (TPSA) is 90.3 Å². The van der Waals surface area contributed by atoms with E-state index in [4.69, 9.17) is 4.74 Å². The summed E-state index contributed by atoms with van der Waals surface area (Å²) >= 11 is 0. The molecule has 0 spiro atoms. The second-order valence-electron chi connectivity index (χ2n) is 6.76. The largest absolute Gasteiger partial charge is 0.456 e. The third kappa shape index (κ3) is 4.28. The van der Waals surface area contributed by atoms with E-state index in [0.29, 0.717) is 22.6 Å². The summed E-state index contributed by atoms with van der Waals surface area (Å²) in [5, 5.41) is 3.38. The number of nitrogens with one attached hydrogen (secondary N) is 1. The average molecular weight is 357 g/mol. The number of aryl methyl sites for hydroxylation is 1. The van der Waals surface area contributed by atoms with Crippen LogP contribution in [0, 0.1) is 5.92 Å². The van der Waals surface area contributed by atoms with E-state index >= 15 is 0 Å². The van der Waals surface area contributed by atoms with Crippen LogP contribution in [0.1, 0.15) is 32.0 Å². The van der Waals surface area contributed by atoms with Crippen LogP contribution in [-0.4, -0.2) is 34.1 Å². The minimum Gasteiger partial charge on any atom is -0.456 e. The van der Waals surface area contributed by atoms with Gasteiger partial charge in [0.15, 0.2) is 6.61 Å². The number of hydrogen-bond acceptors (Lipinski definition) is 5. The van der Waals surface area contributed by atoms with Crippen LogP contribution in [0.15, 0.2) is 29.1 Å². The number of carbonyl (C=O) groups excluding carboxylic acids is 2. The second kappa shape index (κ2) is 7.68. The van der Waals surface area contributed by atoms with E-state index in [1.807, 2.05) is 13.0 Å². The summed E-state index contributed by atoms with van der Waals surface area (Å²) in [5.74, 6) is 0.294. The van der Waals surface area contributed by atoms with Crippen LogP contribution < -0.4 is 10.9 Å². The minimum absolute atomic E-state index is 0.0596. The molecule has 138 valence electrons. The number of benzene rings is 1. The Balaban J connectivity index is 1.52. The normalized spacial score (nSPS) is 14.8. The molecule has 7 nitrogen and oxygen atoms in total. The third-order valence-corrected chi connectivity index (χ3v) is 4.71. The van der Waals surface area contributed by atoms with Gasteiger partial charge < -0.3 is 10.1 Å². The van der Waals surface area contributed by atoms with E-state index in [9.17, 15) is 14.4 Å². The lowest BCUT2D eigenvalue weighted by molar-refractivity contribution is -0.148. The Labute approximate surface area is 151 Å². The Morgan fingerprint density at radius 1 is 1.35 bits per heavy atom. The van der Waals surface area contributed by atoms with E-state index in [0.717, 1.165) is 12.8 Å². The fraction of sp³-hybridized carbons (Fsp3) is 0.474. The number of rotatable bonds is 7. The van der Waals surface area contributed by atoms with Crippen molar-refractivity contribution in [1.29, 1.82) is 0 Å². The van der Waals surface area contributed by atoms with Gasteiger partial charge >= 0.3 is 5.97 Å². The first-order valence-corrected chi connectivity index (χ1v) is 8.85. The summed E-state index contributed by atoms with van der Waals surface area (Å²) in [7, 11) is 1.63. The Kier molecular flexibility index (Phi) is 5.35. The summed E-state index contributed by atoms with van der Waals surface area (Å²) in [5.41, 5.74) is 0.458. The first-order valence-electron chi connectivity index (χ1n) is 8.85. The van der Waals surface area contributed by atoms with Gasteiger partial charge in [0, 0.05) is 19.5 Å². The van der Waals surface area contributed by atoms with Gasteiger partial charge in [0.25, 0.3) is 11.5 Å². The molecule has 1 aliphatic rings. The zero-order valence-electron chi connectivity index (χ0n) is 15.0. The zero-order valence-corrected chi connectivity index (χ0v) is 15.0. The molecule has 3 rings (SSSR count). The van der Waals surface area contributed by atoms with Crippen molar-refractivity contribution in [3.05, 3.63) is 40.4 Å². The van der Waals surface area contributed by atoms with Gasteiger partial charge in [-0.2, -0.15) is 0 Å². The summed E-state index contributed by atoms with van der Waals surface area (Å²) < 4.78 is 6.46. The van der Waals surface area contributed by atoms with Crippen molar-refractivity contribution in [3.63, 3.8) is 0 Å². The molecule has 1 unspecified atom stereocenters. The summed E-state index contributed by atoms with van der Waals surface area (Å²) in [4.78, 5) is 40.4. The first kappa shape index (κ1) is 18.1. The van der Waals surface area contributed by atoms with Crippen molar-refractivity contribution in [2.75, 3.05) is 6.61 Å². The van der Waals surface area contributed by atoms with Gasteiger partial charge in [-0.05, 0) is 37.8 Å². The van der Waals surface area contributed by atoms with Crippen LogP contribution >= 0.6 is 0 Å². The monoisotopic (exact) mass is 357 g/mol. The molecule has 1 N–H and O–H groups in total. The van der Waals surface area contributed by atoms with Crippen LogP contribution in [0.2, 0.25) is 0 Å². The highest BCUT2D eigenvalue weighted by Gasteiger charge is 2.28. The SMILES string of the molecule is CC(NC(=O)COC(=O)CCc1nc2ccccc2c(=O)n1C)C1CC1. The molecule has 1 atom stereocenters. The van der Waals surface area contributed by atoms with Gasteiger partial charge in [0.1, 0.15) is 5.82 Å². The lowest BCUT2D eigenvalue weighted by Crippen LogP contribution is -2.37. The van der Waals surface area contributed by atoms with E-state index in [-0.39, 0.29) is 37.0 Å². The summed E-state index contributed by atoms with van der Waals surface area (Å²) in [6.07, 6.45) is 2.61. The molecule has 26 heavy (non-hydrogen) atoms. The van der Waals surface area contributed by atoms with Crippen molar-refractivity contribution >= 4 is 22.8 Å². The maximum Gasteiger partial charge on any atom is 0.306 e. The smallest absolute Gasteiger partial charge is 0.306 e. The third-order valence-electron chi connectivity index (χ3n) is 4.71. The van der Waals surface area contributed by atoms with Gasteiger partial charge in [0.2, 0.25) is 0 Å². The van der Waals surface area contributed by atoms with Gasteiger partial charge in [-0.15, -0.1) is 0 Å². The predicted octanol–water partition coefficient (Wildman–Crippen LogP) is 1.32. The first-order chi connectivity index (χ1) is 12.5. The van der Waals surface area contributed by atoms with Crippen molar-refractivity contribution in [2.24, 2.45) is 13.0 Å². The van der Waals surface area contributed by atoms with Crippen molar-refractivity contribution in [3.8, 4) is 0 Å².